The van der Waals surface area contributed by atoms with Crippen LogP contribution in [0.25, 0.3) is 0 Å². The highest BCUT2D eigenvalue weighted by Gasteiger charge is 2.31. The Labute approximate surface area is 108 Å². The van der Waals surface area contributed by atoms with Crippen LogP contribution in [0, 0.1) is 0 Å². The lowest BCUT2D eigenvalue weighted by molar-refractivity contribution is -0.137. The van der Waals surface area contributed by atoms with Crippen LogP contribution in [-0.2, 0) is 10.9 Å². The standard InChI is InChI=1S/C12H13ClF3NO/c13-9-4-8(12(14,15)16)5-10(6-9)17-7-11-2-1-3-18-11/h4-6,11,17H,1-3,7H2. The lowest BCUT2D eigenvalue weighted by Gasteiger charge is -2.14. The van der Waals surface area contributed by atoms with Gasteiger partial charge in [-0.05, 0) is 31.0 Å². The maximum atomic E-state index is 12.6. The maximum Gasteiger partial charge on any atom is 0.416 e. The third-order valence-electron chi connectivity index (χ3n) is 2.78. The van der Waals surface area contributed by atoms with Crippen LogP contribution in [0.1, 0.15) is 18.4 Å². The first-order valence-electron chi connectivity index (χ1n) is 5.68. The first-order chi connectivity index (χ1) is 8.45. The van der Waals surface area contributed by atoms with Crippen molar-refractivity contribution < 1.29 is 17.9 Å². The van der Waals surface area contributed by atoms with Crippen molar-refractivity contribution >= 4 is 17.3 Å². The third kappa shape index (κ3) is 3.53. The average Bonchev–Trinajstić information content (AvgIpc) is 2.77. The van der Waals surface area contributed by atoms with E-state index in [1.807, 2.05) is 0 Å². The molecule has 0 spiro atoms. The molecule has 0 radical (unpaired) electrons. The number of nitrogens with one attached hydrogen (secondary N) is 1. The molecule has 1 aromatic carbocycles. The van der Waals surface area contributed by atoms with Crippen LogP contribution in [0.4, 0.5) is 18.9 Å². The van der Waals surface area contributed by atoms with Gasteiger partial charge in [0, 0.05) is 23.9 Å². The number of hydrogen-bond donors (Lipinski definition) is 1. The van der Waals surface area contributed by atoms with Crippen LogP contribution in [0.5, 0.6) is 0 Å². The van der Waals surface area contributed by atoms with Crippen LogP contribution in [0.15, 0.2) is 18.2 Å². The molecule has 0 saturated carbocycles. The zero-order valence-electron chi connectivity index (χ0n) is 9.56. The second-order valence-corrected chi connectivity index (χ2v) is 4.68. The lowest BCUT2D eigenvalue weighted by Crippen LogP contribution is -2.18. The van der Waals surface area contributed by atoms with Gasteiger partial charge in [0.25, 0.3) is 0 Å². The Morgan fingerprint density at radius 2 is 2.11 bits per heavy atom. The fourth-order valence-electron chi connectivity index (χ4n) is 1.89. The molecule has 2 nitrogen and oxygen atoms in total. The molecule has 0 bridgehead atoms. The van der Waals surface area contributed by atoms with Crippen molar-refractivity contribution in [3.63, 3.8) is 0 Å². The predicted octanol–water partition coefficient (Wildman–Crippen LogP) is 3.95. The Balaban J connectivity index is 2.05. The Bertz CT molecular complexity index is 416. The number of anilines is 1. The molecule has 1 aliphatic heterocycles. The van der Waals surface area contributed by atoms with Gasteiger partial charge in [0.2, 0.25) is 0 Å². The summed E-state index contributed by atoms with van der Waals surface area (Å²) in [5.41, 5.74) is -0.379. The molecule has 6 heteroatoms. The van der Waals surface area contributed by atoms with Crippen LogP contribution >= 0.6 is 11.6 Å². The molecule has 18 heavy (non-hydrogen) atoms. The van der Waals surface area contributed by atoms with E-state index in [1.165, 1.54) is 6.07 Å². The Morgan fingerprint density at radius 1 is 1.33 bits per heavy atom. The summed E-state index contributed by atoms with van der Waals surface area (Å²) in [6.07, 6.45) is -2.39. The SMILES string of the molecule is FC(F)(F)c1cc(Cl)cc(NCC2CCCO2)c1. The predicted molar refractivity (Wildman–Crippen MR) is 63.9 cm³/mol. The van der Waals surface area contributed by atoms with Crippen LogP contribution in [0.2, 0.25) is 5.02 Å². The number of ether oxygens (including phenoxy) is 1. The maximum absolute atomic E-state index is 12.6. The molecule has 100 valence electrons. The van der Waals surface area contributed by atoms with E-state index in [-0.39, 0.29) is 11.1 Å². The number of benzene rings is 1. The summed E-state index contributed by atoms with van der Waals surface area (Å²) in [5, 5.41) is 3.00. The van der Waals surface area contributed by atoms with Gasteiger partial charge in [0.15, 0.2) is 0 Å². The van der Waals surface area contributed by atoms with Crippen molar-refractivity contribution in [2.45, 2.75) is 25.1 Å². The van der Waals surface area contributed by atoms with E-state index < -0.39 is 11.7 Å². The highest BCUT2D eigenvalue weighted by molar-refractivity contribution is 6.30. The number of halogens is 4. The molecule has 1 heterocycles. The lowest BCUT2D eigenvalue weighted by atomic mass is 10.2. The summed E-state index contributed by atoms with van der Waals surface area (Å²) >= 11 is 5.68. The van der Waals surface area contributed by atoms with E-state index in [9.17, 15) is 13.2 Å². The van der Waals surface area contributed by atoms with Crippen LogP contribution in [0.3, 0.4) is 0 Å². The first kappa shape index (κ1) is 13.5. The van der Waals surface area contributed by atoms with E-state index in [2.05, 4.69) is 5.32 Å². The van der Waals surface area contributed by atoms with Crippen molar-refractivity contribution in [2.75, 3.05) is 18.5 Å². The number of rotatable bonds is 3. The molecule has 1 saturated heterocycles. The summed E-state index contributed by atoms with van der Waals surface area (Å²) in [6.45, 7) is 1.22. The summed E-state index contributed by atoms with van der Waals surface area (Å²) in [7, 11) is 0. The van der Waals surface area contributed by atoms with Crippen molar-refractivity contribution in [3.05, 3.63) is 28.8 Å². The molecule has 0 aromatic heterocycles. The fourth-order valence-corrected chi connectivity index (χ4v) is 2.13. The van der Waals surface area contributed by atoms with E-state index in [0.717, 1.165) is 31.6 Å². The van der Waals surface area contributed by atoms with Crippen molar-refractivity contribution in [1.29, 1.82) is 0 Å². The summed E-state index contributed by atoms with van der Waals surface area (Å²) in [6, 6.07) is 3.45. The monoisotopic (exact) mass is 279 g/mol. The molecule has 1 N–H and O–H groups in total. The Morgan fingerprint density at radius 3 is 2.72 bits per heavy atom. The third-order valence-corrected chi connectivity index (χ3v) is 3.00. The smallest absolute Gasteiger partial charge is 0.382 e. The number of hydrogen-bond acceptors (Lipinski definition) is 2. The molecule has 2 rings (SSSR count). The highest BCUT2D eigenvalue weighted by Crippen LogP contribution is 2.33. The molecular weight excluding hydrogens is 267 g/mol. The van der Waals surface area contributed by atoms with Crippen molar-refractivity contribution in [1.82, 2.24) is 0 Å². The minimum Gasteiger partial charge on any atom is -0.382 e. The molecule has 1 fully saturated rings. The molecule has 1 atom stereocenters. The van der Waals surface area contributed by atoms with E-state index >= 15 is 0 Å². The normalized spacial score (nSPS) is 20.1. The van der Waals surface area contributed by atoms with Gasteiger partial charge in [-0.25, -0.2) is 0 Å². The van der Waals surface area contributed by atoms with E-state index in [1.54, 1.807) is 0 Å². The van der Waals surface area contributed by atoms with Gasteiger partial charge in [0.1, 0.15) is 0 Å². The van der Waals surface area contributed by atoms with Gasteiger partial charge in [-0.2, -0.15) is 13.2 Å². The first-order valence-corrected chi connectivity index (χ1v) is 6.06. The van der Waals surface area contributed by atoms with E-state index in [0.29, 0.717) is 12.2 Å². The summed E-state index contributed by atoms with van der Waals surface area (Å²) in [5.74, 6) is 0. The van der Waals surface area contributed by atoms with Gasteiger partial charge in [-0.1, -0.05) is 11.6 Å². The highest BCUT2D eigenvalue weighted by atomic mass is 35.5. The van der Waals surface area contributed by atoms with Gasteiger partial charge in [-0.15, -0.1) is 0 Å². The van der Waals surface area contributed by atoms with Gasteiger partial charge in [0.05, 0.1) is 11.7 Å². The van der Waals surface area contributed by atoms with Gasteiger partial charge >= 0.3 is 6.18 Å². The zero-order valence-corrected chi connectivity index (χ0v) is 10.3. The Kier molecular flexibility index (Phi) is 4.02. The molecule has 1 aromatic rings. The molecule has 1 unspecified atom stereocenters. The van der Waals surface area contributed by atoms with Crippen molar-refractivity contribution in [2.24, 2.45) is 0 Å². The minimum atomic E-state index is -4.38. The minimum absolute atomic E-state index is 0.0679. The Hall–Kier alpha value is -0.940. The quantitative estimate of drug-likeness (QED) is 0.904. The summed E-state index contributed by atoms with van der Waals surface area (Å²) < 4.78 is 43.1. The zero-order chi connectivity index (χ0) is 13.2. The molecular formula is C12H13ClF3NO. The van der Waals surface area contributed by atoms with E-state index in [4.69, 9.17) is 16.3 Å². The number of alkyl halides is 3. The molecule has 0 aliphatic carbocycles. The van der Waals surface area contributed by atoms with Crippen molar-refractivity contribution in [3.8, 4) is 0 Å². The topological polar surface area (TPSA) is 21.3 Å². The second kappa shape index (κ2) is 5.36. The van der Waals surface area contributed by atoms with Crippen LogP contribution in [-0.4, -0.2) is 19.3 Å². The summed E-state index contributed by atoms with van der Waals surface area (Å²) in [4.78, 5) is 0. The van der Waals surface area contributed by atoms with Crippen LogP contribution < -0.4 is 5.32 Å². The average molecular weight is 280 g/mol. The fraction of sp³-hybridized carbons (Fsp3) is 0.500. The van der Waals surface area contributed by atoms with Gasteiger partial charge in [-0.3, -0.25) is 0 Å². The van der Waals surface area contributed by atoms with Gasteiger partial charge < -0.3 is 10.1 Å². The largest absolute Gasteiger partial charge is 0.416 e. The molecule has 0 amide bonds. The molecule has 1 aliphatic rings. The second-order valence-electron chi connectivity index (χ2n) is 4.24.